The summed E-state index contributed by atoms with van der Waals surface area (Å²) in [5.41, 5.74) is 0. The highest BCUT2D eigenvalue weighted by Crippen LogP contribution is 2.33. The Bertz CT molecular complexity index is 1660. The molecule has 0 saturated carbocycles. The first-order chi connectivity index (χ1) is 33.8. The molecule has 19 heteroatoms. The van der Waals surface area contributed by atoms with Crippen LogP contribution >= 0.6 is 0 Å². The summed E-state index contributed by atoms with van der Waals surface area (Å²) in [7, 11) is 0. The van der Waals surface area contributed by atoms with E-state index in [1.54, 1.807) is 12.2 Å². The summed E-state index contributed by atoms with van der Waals surface area (Å²) in [6, 6.07) is -1.05. The predicted octanol–water partition coefficient (Wildman–Crippen LogP) is 1.08. The number of rotatable bonds is 31. The Morgan fingerprint density at radius 3 is 1.40 bits per heavy atom. The molecule has 0 radical (unpaired) electrons. The molecule has 19 nitrogen and oxygen atoms in total. The minimum absolute atomic E-state index is 0.00683. The smallest absolute Gasteiger partial charge is 0.224 e. The topological polar surface area (TPSA) is 307 Å². The molecular weight excluding hydrogens is 915 g/mol. The van der Waals surface area contributed by atoms with E-state index >= 15 is 0 Å². The van der Waals surface area contributed by atoms with E-state index in [0.717, 1.165) is 51.4 Å². The zero-order chi connectivity index (χ0) is 51.3. The minimum Gasteiger partial charge on any atom is -0.394 e. The van der Waals surface area contributed by atoms with Crippen LogP contribution in [0.3, 0.4) is 0 Å². The van der Waals surface area contributed by atoms with E-state index < -0.39 is 137 Å². The third kappa shape index (κ3) is 20.7. The molecule has 0 aliphatic carbocycles. The quantitative estimate of drug-likeness (QED) is 0.0342. The Morgan fingerprint density at radius 2 is 0.900 bits per heavy atom. The number of hydrogen-bond donors (Lipinski definition) is 12. The van der Waals surface area contributed by atoms with E-state index in [-0.39, 0.29) is 6.42 Å². The monoisotopic (exact) mass is 996 g/mol. The van der Waals surface area contributed by atoms with Crippen LogP contribution < -0.4 is 5.32 Å². The molecule has 0 bridgehead atoms. The number of aliphatic hydroxyl groups excluding tert-OH is 11. The SMILES string of the molecule is CC/C=C\C/C=C\C/C=C\C/C=C\C/C=C\CC(=O)NC(COC1OC(CO)C(OC2OC(CO)C(OC3OC(CO)C(O)C(O)C3O)C(O)C2O)C(O)C1O)C(O)/C=C/CC/C=C/CC/C=C/CC. The molecule has 0 spiro atoms. The third-order valence-electron chi connectivity index (χ3n) is 11.6. The van der Waals surface area contributed by atoms with Gasteiger partial charge in [0.25, 0.3) is 0 Å². The number of amides is 1. The first kappa shape index (κ1) is 61.0. The van der Waals surface area contributed by atoms with Gasteiger partial charge in [0.1, 0.15) is 73.2 Å². The van der Waals surface area contributed by atoms with Crippen molar-refractivity contribution in [3.8, 4) is 0 Å². The average Bonchev–Trinajstić information content (AvgIpc) is 3.35. The van der Waals surface area contributed by atoms with Crippen LogP contribution in [0.1, 0.15) is 84.5 Å². The Labute approximate surface area is 412 Å². The molecule has 0 aromatic rings. The van der Waals surface area contributed by atoms with Crippen molar-refractivity contribution in [3.05, 3.63) is 97.2 Å². The van der Waals surface area contributed by atoms with Gasteiger partial charge in [0.15, 0.2) is 18.9 Å². The molecule has 12 N–H and O–H groups in total. The van der Waals surface area contributed by atoms with E-state index in [1.807, 2.05) is 18.2 Å². The lowest BCUT2D eigenvalue weighted by Crippen LogP contribution is -2.66. The fourth-order valence-electron chi connectivity index (χ4n) is 7.59. The fourth-order valence-corrected chi connectivity index (χ4v) is 7.59. The number of carbonyl (C=O) groups excluding carboxylic acids is 1. The van der Waals surface area contributed by atoms with Crippen molar-refractivity contribution < 1.29 is 89.4 Å². The lowest BCUT2D eigenvalue weighted by molar-refractivity contribution is -0.379. The molecule has 3 aliphatic rings. The Morgan fingerprint density at radius 1 is 0.500 bits per heavy atom. The van der Waals surface area contributed by atoms with Crippen molar-refractivity contribution in [1.29, 1.82) is 0 Å². The van der Waals surface area contributed by atoms with Gasteiger partial charge in [-0.2, -0.15) is 0 Å². The summed E-state index contributed by atoms with van der Waals surface area (Å²) in [5.74, 6) is -0.426. The number of ether oxygens (including phenoxy) is 6. The number of hydrogen-bond acceptors (Lipinski definition) is 18. The highest BCUT2D eigenvalue weighted by Gasteiger charge is 2.53. The van der Waals surface area contributed by atoms with Crippen LogP contribution in [-0.4, -0.2) is 193 Å². The summed E-state index contributed by atoms with van der Waals surface area (Å²) in [5, 5.41) is 119. The van der Waals surface area contributed by atoms with E-state index in [2.05, 4.69) is 79.9 Å². The van der Waals surface area contributed by atoms with E-state index in [1.165, 1.54) is 6.08 Å². The normalized spacial score (nSPS) is 33.4. The predicted molar refractivity (Wildman–Crippen MR) is 258 cm³/mol. The van der Waals surface area contributed by atoms with Gasteiger partial charge in [0.05, 0.1) is 38.6 Å². The van der Waals surface area contributed by atoms with Crippen molar-refractivity contribution in [3.63, 3.8) is 0 Å². The van der Waals surface area contributed by atoms with Crippen molar-refractivity contribution in [2.45, 2.75) is 189 Å². The number of carbonyl (C=O) groups is 1. The molecule has 17 unspecified atom stereocenters. The van der Waals surface area contributed by atoms with Gasteiger partial charge in [0.2, 0.25) is 5.91 Å². The van der Waals surface area contributed by atoms with Crippen molar-refractivity contribution in [2.75, 3.05) is 26.4 Å². The molecule has 70 heavy (non-hydrogen) atoms. The molecule has 0 aromatic heterocycles. The Kier molecular flexibility index (Phi) is 30.5. The molecule has 3 rings (SSSR count). The van der Waals surface area contributed by atoms with Gasteiger partial charge in [-0.15, -0.1) is 0 Å². The summed E-state index contributed by atoms with van der Waals surface area (Å²) >= 11 is 0. The minimum atomic E-state index is -1.99. The zero-order valence-corrected chi connectivity index (χ0v) is 40.4. The number of unbranched alkanes of at least 4 members (excludes halogenated alkanes) is 2. The maximum absolute atomic E-state index is 13.1. The van der Waals surface area contributed by atoms with Crippen LogP contribution in [0, 0.1) is 0 Å². The van der Waals surface area contributed by atoms with E-state index in [0.29, 0.717) is 12.8 Å². The summed E-state index contributed by atoms with van der Waals surface area (Å²) in [6.45, 7) is 1.30. The molecule has 17 atom stereocenters. The van der Waals surface area contributed by atoms with Crippen LogP contribution in [0.25, 0.3) is 0 Å². The number of aliphatic hydroxyl groups is 11. The standard InChI is InChI=1S/C51H81NO18/c1-3-5-7-9-11-13-15-16-17-18-19-21-23-25-27-29-39(57)52-34(35(56)28-26-24-22-20-14-12-10-8-6-4-2)33-65-49-45(63)42(60)47(37(31-54)67-49)70-51-46(64)43(61)48(38(32-55)68-51)69-50-44(62)41(59)40(58)36(30-53)66-50/h5-8,11,13-14,16-17,19-21,25-28,34-38,40-51,53-56,58-64H,3-4,9-10,12,15,18,22-24,29-33H2,1-2H3,(H,52,57)/b7-5-,8-6+,13-11-,17-16-,20-14+,21-19-,27-25-,28-26+. The maximum atomic E-state index is 13.1. The highest BCUT2D eigenvalue weighted by molar-refractivity contribution is 5.77. The number of allylic oxidation sites excluding steroid dienone is 14. The van der Waals surface area contributed by atoms with Crippen molar-refractivity contribution in [1.82, 2.24) is 5.32 Å². The first-order valence-corrected chi connectivity index (χ1v) is 24.5. The summed E-state index contributed by atoms with van der Waals surface area (Å²) < 4.78 is 33.9. The lowest BCUT2D eigenvalue weighted by atomic mass is 9.96. The van der Waals surface area contributed by atoms with Crippen molar-refractivity contribution >= 4 is 5.91 Å². The molecule has 398 valence electrons. The number of nitrogens with one attached hydrogen (secondary N) is 1. The maximum Gasteiger partial charge on any atom is 0.224 e. The van der Waals surface area contributed by atoms with Crippen LogP contribution in [0.4, 0.5) is 0 Å². The van der Waals surface area contributed by atoms with E-state index in [4.69, 9.17) is 28.4 Å². The van der Waals surface area contributed by atoms with Gasteiger partial charge in [0, 0.05) is 6.42 Å². The molecule has 1 amide bonds. The Hall–Kier alpha value is -3.29. The second kappa shape index (κ2) is 35.0. The third-order valence-corrected chi connectivity index (χ3v) is 11.6. The molecule has 3 aliphatic heterocycles. The van der Waals surface area contributed by atoms with E-state index in [9.17, 15) is 61.0 Å². The van der Waals surface area contributed by atoms with Gasteiger partial charge in [-0.1, -0.05) is 111 Å². The molecule has 3 heterocycles. The Balaban J connectivity index is 1.61. The summed E-state index contributed by atoms with van der Waals surface area (Å²) in [6.07, 6.45) is 13.3. The second-order valence-electron chi connectivity index (χ2n) is 17.2. The van der Waals surface area contributed by atoms with Gasteiger partial charge in [-0.3, -0.25) is 4.79 Å². The first-order valence-electron chi connectivity index (χ1n) is 24.5. The van der Waals surface area contributed by atoms with Crippen LogP contribution in [0.2, 0.25) is 0 Å². The second-order valence-corrected chi connectivity index (χ2v) is 17.2. The largest absolute Gasteiger partial charge is 0.394 e. The lowest BCUT2D eigenvalue weighted by Gasteiger charge is -2.48. The van der Waals surface area contributed by atoms with Gasteiger partial charge >= 0.3 is 0 Å². The molecular formula is C51H81NO18. The van der Waals surface area contributed by atoms with Gasteiger partial charge in [-0.25, -0.2) is 0 Å². The van der Waals surface area contributed by atoms with Crippen LogP contribution in [0.15, 0.2) is 97.2 Å². The van der Waals surface area contributed by atoms with Gasteiger partial charge in [-0.05, 0) is 64.2 Å². The fraction of sp³-hybridized carbons (Fsp3) is 0.667. The van der Waals surface area contributed by atoms with Gasteiger partial charge < -0.3 is 89.9 Å². The summed E-state index contributed by atoms with van der Waals surface area (Å²) in [4.78, 5) is 13.1. The van der Waals surface area contributed by atoms with Crippen molar-refractivity contribution in [2.24, 2.45) is 0 Å². The zero-order valence-electron chi connectivity index (χ0n) is 40.4. The molecule has 3 saturated heterocycles. The average molecular weight is 996 g/mol. The highest BCUT2D eigenvalue weighted by atomic mass is 16.8. The molecule has 0 aromatic carbocycles. The molecule has 3 fully saturated rings. The van der Waals surface area contributed by atoms with Crippen LogP contribution in [0.5, 0.6) is 0 Å². The van der Waals surface area contributed by atoms with Crippen LogP contribution in [-0.2, 0) is 33.2 Å².